The fraction of sp³-hybridized carbons (Fsp3) is 0.176. The van der Waals surface area contributed by atoms with Gasteiger partial charge in [0.25, 0.3) is 0 Å². The number of esters is 1. The zero-order valence-corrected chi connectivity index (χ0v) is 14.4. The van der Waals surface area contributed by atoms with E-state index in [0.29, 0.717) is 5.69 Å². The third-order valence-electron chi connectivity index (χ3n) is 3.73. The number of halogens is 2. The first kappa shape index (κ1) is 18.0. The number of carbonyl (C=O) groups is 1. The smallest absolute Gasteiger partial charge is 0.341 e. The third kappa shape index (κ3) is 3.43. The van der Waals surface area contributed by atoms with Gasteiger partial charge in [-0.25, -0.2) is 18.2 Å². The summed E-state index contributed by atoms with van der Waals surface area (Å²) in [6.45, 7) is 1.84. The Labute approximate surface area is 148 Å². The van der Waals surface area contributed by atoms with Crippen LogP contribution in [0.3, 0.4) is 0 Å². The van der Waals surface area contributed by atoms with E-state index in [1.165, 1.54) is 0 Å². The third-order valence-corrected chi connectivity index (χ3v) is 5.13. The van der Waals surface area contributed by atoms with Gasteiger partial charge < -0.3 is 9.14 Å². The van der Waals surface area contributed by atoms with Crippen LogP contribution in [0, 0.1) is 6.92 Å². The molecule has 0 saturated carbocycles. The van der Waals surface area contributed by atoms with Crippen LogP contribution in [0.25, 0.3) is 5.65 Å². The quantitative estimate of drug-likeness (QED) is 0.636. The van der Waals surface area contributed by atoms with Crippen LogP contribution in [0.15, 0.2) is 53.7 Å². The van der Waals surface area contributed by atoms with Crippen LogP contribution in [0.4, 0.5) is 8.78 Å². The van der Waals surface area contributed by atoms with Gasteiger partial charge in [0.15, 0.2) is 0 Å². The topological polar surface area (TPSA) is 77.7 Å². The number of rotatable bonds is 5. The van der Waals surface area contributed by atoms with E-state index in [0.717, 1.165) is 35.5 Å². The number of alkyl halides is 2. The van der Waals surface area contributed by atoms with Gasteiger partial charge in [-0.15, -0.1) is 0 Å². The molecule has 0 radical (unpaired) electrons. The number of sulfone groups is 1. The molecular formula is C17H14F2N2O4S. The monoisotopic (exact) mass is 380 g/mol. The van der Waals surface area contributed by atoms with Crippen molar-refractivity contribution in [2.75, 3.05) is 0 Å². The molecule has 26 heavy (non-hydrogen) atoms. The Morgan fingerprint density at radius 2 is 1.92 bits per heavy atom. The highest BCUT2D eigenvalue weighted by Crippen LogP contribution is 2.19. The number of benzene rings is 1. The van der Waals surface area contributed by atoms with Crippen LogP contribution in [-0.2, 0) is 21.2 Å². The van der Waals surface area contributed by atoms with E-state index < -0.39 is 26.5 Å². The average molecular weight is 380 g/mol. The van der Waals surface area contributed by atoms with Crippen molar-refractivity contribution in [2.24, 2.45) is 0 Å². The first-order valence-electron chi connectivity index (χ1n) is 7.51. The lowest BCUT2D eigenvalue weighted by Gasteiger charge is -2.05. The molecule has 9 heteroatoms. The number of aryl methyl sites for hydroxylation is 1. The number of hydrogen-bond acceptors (Lipinski definition) is 5. The van der Waals surface area contributed by atoms with E-state index in [4.69, 9.17) is 4.74 Å². The molecule has 0 fully saturated rings. The van der Waals surface area contributed by atoms with Gasteiger partial charge in [0.2, 0.25) is 9.84 Å². The predicted octanol–water partition coefficient (Wildman–Crippen LogP) is 3.00. The van der Waals surface area contributed by atoms with Gasteiger partial charge in [-0.2, -0.15) is 8.78 Å². The number of pyridine rings is 1. The highest BCUT2D eigenvalue weighted by molar-refractivity contribution is 7.91. The van der Waals surface area contributed by atoms with E-state index in [-0.39, 0.29) is 12.2 Å². The predicted molar refractivity (Wildman–Crippen MR) is 88.7 cm³/mol. The molecule has 0 aliphatic heterocycles. The molecule has 0 spiro atoms. The maximum absolute atomic E-state index is 12.5. The minimum Gasteiger partial charge on any atom is -0.456 e. The Morgan fingerprint density at radius 1 is 1.23 bits per heavy atom. The van der Waals surface area contributed by atoms with Crippen molar-refractivity contribution in [3.05, 3.63) is 65.6 Å². The number of hydrogen-bond donors (Lipinski definition) is 0. The summed E-state index contributed by atoms with van der Waals surface area (Å²) in [5.74, 6) is -4.22. The van der Waals surface area contributed by atoms with E-state index in [1.807, 2.05) is 29.7 Å². The molecule has 0 amide bonds. The van der Waals surface area contributed by atoms with Crippen molar-refractivity contribution in [3.8, 4) is 0 Å². The van der Waals surface area contributed by atoms with Gasteiger partial charge in [0.05, 0.1) is 16.2 Å². The van der Waals surface area contributed by atoms with Gasteiger partial charge in [-0.3, -0.25) is 0 Å². The average Bonchev–Trinajstić information content (AvgIpc) is 3.04. The van der Waals surface area contributed by atoms with Crippen molar-refractivity contribution < 1.29 is 26.7 Å². The van der Waals surface area contributed by atoms with Crippen molar-refractivity contribution in [2.45, 2.75) is 24.2 Å². The molecule has 3 rings (SSSR count). The number of aromatic nitrogens is 2. The van der Waals surface area contributed by atoms with Crippen LogP contribution >= 0.6 is 0 Å². The standard InChI is InChI=1S/C17H14F2N2O4S/c1-11-3-2-8-21-9-13(20-15(11)21)10-25-16(22)12-4-6-14(7-5-12)26(23,24)17(18)19/h2-9,17H,10H2,1H3. The van der Waals surface area contributed by atoms with Crippen molar-refractivity contribution >= 4 is 21.5 Å². The molecule has 1 aromatic carbocycles. The first-order valence-corrected chi connectivity index (χ1v) is 9.06. The lowest BCUT2D eigenvalue weighted by molar-refractivity contribution is 0.0468. The number of ether oxygens (including phenoxy) is 1. The largest absolute Gasteiger partial charge is 0.456 e. The number of imidazole rings is 1. The van der Waals surface area contributed by atoms with E-state index >= 15 is 0 Å². The summed E-state index contributed by atoms with van der Waals surface area (Å²) in [5.41, 5.74) is 2.32. The molecule has 0 N–H and O–H groups in total. The minimum atomic E-state index is -4.69. The lowest BCUT2D eigenvalue weighted by atomic mass is 10.2. The zero-order chi connectivity index (χ0) is 18.9. The van der Waals surface area contributed by atoms with Crippen molar-refractivity contribution in [1.29, 1.82) is 0 Å². The maximum atomic E-state index is 12.5. The molecule has 3 aromatic rings. The Kier molecular flexibility index (Phi) is 4.73. The summed E-state index contributed by atoms with van der Waals surface area (Å²) < 4.78 is 54.7. The Balaban J connectivity index is 1.71. The van der Waals surface area contributed by atoms with Gasteiger partial charge in [-0.1, -0.05) is 6.07 Å². The van der Waals surface area contributed by atoms with Crippen LogP contribution in [0.1, 0.15) is 21.6 Å². The highest BCUT2D eigenvalue weighted by atomic mass is 32.2. The molecule has 0 atom stereocenters. The SMILES string of the molecule is Cc1cccn2cc(COC(=O)c3ccc(S(=O)(=O)C(F)F)cc3)nc12. The number of fused-ring (bicyclic) bond motifs is 1. The molecule has 2 heterocycles. The molecule has 0 aliphatic rings. The van der Waals surface area contributed by atoms with Crippen LogP contribution < -0.4 is 0 Å². The number of carbonyl (C=O) groups excluding carboxylic acids is 1. The highest BCUT2D eigenvalue weighted by Gasteiger charge is 2.26. The Morgan fingerprint density at radius 3 is 2.54 bits per heavy atom. The second-order valence-electron chi connectivity index (χ2n) is 5.56. The van der Waals surface area contributed by atoms with Crippen LogP contribution in [-0.4, -0.2) is 29.5 Å². The van der Waals surface area contributed by atoms with E-state index in [2.05, 4.69) is 4.98 Å². The van der Waals surface area contributed by atoms with Gasteiger partial charge in [0.1, 0.15) is 12.3 Å². The molecule has 6 nitrogen and oxygen atoms in total. The molecule has 0 aliphatic carbocycles. The van der Waals surface area contributed by atoms with Gasteiger partial charge in [-0.05, 0) is 42.8 Å². The summed E-state index contributed by atoms with van der Waals surface area (Å²) in [6.07, 6.45) is 3.55. The van der Waals surface area contributed by atoms with E-state index in [1.54, 1.807) is 6.20 Å². The van der Waals surface area contributed by atoms with Crippen molar-refractivity contribution in [3.63, 3.8) is 0 Å². The normalized spacial score (nSPS) is 11.8. The molecular weight excluding hydrogens is 366 g/mol. The second-order valence-corrected chi connectivity index (χ2v) is 7.48. The fourth-order valence-corrected chi connectivity index (χ4v) is 3.10. The lowest BCUT2D eigenvalue weighted by Crippen LogP contribution is -2.12. The van der Waals surface area contributed by atoms with Crippen LogP contribution in [0.5, 0.6) is 0 Å². The summed E-state index contributed by atoms with van der Waals surface area (Å²) >= 11 is 0. The Hall–Kier alpha value is -2.81. The Bertz CT molecular complexity index is 1060. The van der Waals surface area contributed by atoms with Crippen molar-refractivity contribution in [1.82, 2.24) is 9.38 Å². The molecule has 0 unspecified atom stereocenters. The summed E-state index contributed by atoms with van der Waals surface area (Å²) in [4.78, 5) is 15.9. The summed E-state index contributed by atoms with van der Waals surface area (Å²) in [5, 5.41) is 0. The second kappa shape index (κ2) is 6.83. The molecule has 2 aromatic heterocycles. The molecule has 136 valence electrons. The molecule has 0 saturated heterocycles. The maximum Gasteiger partial charge on any atom is 0.341 e. The summed E-state index contributed by atoms with van der Waals surface area (Å²) in [6, 6.07) is 7.94. The zero-order valence-electron chi connectivity index (χ0n) is 13.6. The van der Waals surface area contributed by atoms with Gasteiger partial charge in [0, 0.05) is 12.4 Å². The number of nitrogens with zero attached hydrogens (tertiary/aromatic N) is 2. The van der Waals surface area contributed by atoms with E-state index in [9.17, 15) is 22.0 Å². The minimum absolute atomic E-state index is 0.0539. The molecule has 0 bridgehead atoms. The van der Waals surface area contributed by atoms with Crippen LogP contribution in [0.2, 0.25) is 0 Å². The summed E-state index contributed by atoms with van der Waals surface area (Å²) in [7, 11) is -4.69. The van der Waals surface area contributed by atoms with Gasteiger partial charge >= 0.3 is 11.7 Å². The first-order chi connectivity index (χ1) is 12.3. The fourth-order valence-electron chi connectivity index (χ4n) is 2.38.